The minimum atomic E-state index is -1.91. The van der Waals surface area contributed by atoms with Crippen LogP contribution in [0.3, 0.4) is 0 Å². The fourth-order valence-electron chi connectivity index (χ4n) is 5.28. The summed E-state index contributed by atoms with van der Waals surface area (Å²) in [6.45, 7) is 9.33. The molecule has 0 aliphatic carbocycles. The maximum atomic E-state index is 7.00. The second kappa shape index (κ2) is 13.8. The molecule has 0 aliphatic rings. The number of rotatable bonds is 11. The standard InChI is InChI=1S/C33H40OPSi.HI/c1-5-29(33(34-36(2,3)4)26-28-18-10-6-11-19-28)27-35(30-20-12-7-13-21-30,31-22-14-8-15-23-31)32-24-16-9-17-25-32;/h6-25,29,33H,5,26-27H2,1-4H3;1H/q+1;/p-1. The van der Waals surface area contributed by atoms with Crippen molar-refractivity contribution in [3.8, 4) is 0 Å². The van der Waals surface area contributed by atoms with Gasteiger partial charge < -0.3 is 28.4 Å². The molecule has 1 nitrogen and oxygen atoms in total. The minimum Gasteiger partial charge on any atom is -1.00 e. The van der Waals surface area contributed by atoms with Crippen LogP contribution in [0.2, 0.25) is 19.6 Å². The summed E-state index contributed by atoms with van der Waals surface area (Å²) in [5.41, 5.74) is 1.36. The third-order valence-electron chi connectivity index (χ3n) is 6.93. The Labute approximate surface area is 243 Å². The molecule has 0 aromatic heterocycles. The lowest BCUT2D eigenvalue weighted by atomic mass is 9.95. The van der Waals surface area contributed by atoms with E-state index in [1.54, 1.807) is 0 Å². The molecule has 0 radical (unpaired) electrons. The molecule has 2 unspecified atom stereocenters. The number of halogens is 1. The highest BCUT2D eigenvalue weighted by Gasteiger charge is 2.48. The van der Waals surface area contributed by atoms with E-state index < -0.39 is 15.6 Å². The topological polar surface area (TPSA) is 9.23 Å². The summed E-state index contributed by atoms with van der Waals surface area (Å²) in [7, 11) is -3.67. The predicted octanol–water partition coefficient (Wildman–Crippen LogP) is 4.47. The van der Waals surface area contributed by atoms with E-state index in [0.29, 0.717) is 5.92 Å². The van der Waals surface area contributed by atoms with Crippen molar-refractivity contribution in [2.45, 2.75) is 45.5 Å². The molecule has 0 bridgehead atoms. The first-order valence-corrected chi connectivity index (χ1v) is 18.6. The molecule has 0 N–H and O–H groups in total. The van der Waals surface area contributed by atoms with Crippen LogP contribution in [0.5, 0.6) is 0 Å². The molecule has 4 aromatic carbocycles. The molecule has 4 rings (SSSR count). The molecule has 2 atom stereocenters. The van der Waals surface area contributed by atoms with Gasteiger partial charge in [0.05, 0.1) is 12.3 Å². The monoisotopic (exact) mass is 638 g/mol. The predicted molar refractivity (Wildman–Crippen MR) is 162 cm³/mol. The molecule has 194 valence electrons. The van der Waals surface area contributed by atoms with E-state index in [0.717, 1.165) is 19.0 Å². The molecular weight excluding hydrogens is 598 g/mol. The van der Waals surface area contributed by atoms with Gasteiger partial charge in [0.15, 0.2) is 8.32 Å². The smallest absolute Gasteiger partial charge is 0.184 e. The molecule has 0 saturated carbocycles. The summed E-state index contributed by atoms with van der Waals surface area (Å²) < 4.78 is 7.00. The lowest BCUT2D eigenvalue weighted by Gasteiger charge is -2.36. The van der Waals surface area contributed by atoms with Crippen LogP contribution >= 0.6 is 7.26 Å². The third kappa shape index (κ3) is 7.63. The first-order valence-electron chi connectivity index (χ1n) is 13.2. The summed E-state index contributed by atoms with van der Waals surface area (Å²) >= 11 is 0. The van der Waals surface area contributed by atoms with Gasteiger partial charge in [-0.25, -0.2) is 0 Å². The van der Waals surface area contributed by atoms with Crippen LogP contribution in [-0.2, 0) is 10.8 Å². The van der Waals surface area contributed by atoms with Gasteiger partial charge in [0.2, 0.25) is 0 Å². The van der Waals surface area contributed by atoms with Crippen molar-refractivity contribution >= 4 is 31.5 Å². The Kier molecular flexibility index (Phi) is 11.1. The zero-order chi connectivity index (χ0) is 25.4. The molecule has 0 saturated heterocycles. The van der Waals surface area contributed by atoms with Crippen molar-refractivity contribution < 1.29 is 28.4 Å². The van der Waals surface area contributed by atoms with Gasteiger partial charge in [0, 0.05) is 5.92 Å². The normalized spacial score (nSPS) is 13.4. The van der Waals surface area contributed by atoms with E-state index in [1.165, 1.54) is 21.5 Å². The van der Waals surface area contributed by atoms with Gasteiger partial charge in [-0.2, -0.15) is 0 Å². The van der Waals surface area contributed by atoms with E-state index >= 15 is 0 Å². The highest BCUT2D eigenvalue weighted by atomic mass is 127. The van der Waals surface area contributed by atoms with E-state index in [-0.39, 0.29) is 30.1 Å². The molecule has 0 amide bonds. The van der Waals surface area contributed by atoms with Gasteiger partial charge >= 0.3 is 0 Å². The van der Waals surface area contributed by atoms with E-state index in [2.05, 4.69) is 148 Å². The maximum absolute atomic E-state index is 7.00. The van der Waals surface area contributed by atoms with Crippen molar-refractivity contribution in [2.75, 3.05) is 6.16 Å². The Hall–Kier alpha value is -1.78. The number of hydrogen-bond donors (Lipinski definition) is 0. The average molecular weight is 639 g/mol. The molecule has 4 aromatic rings. The second-order valence-electron chi connectivity index (χ2n) is 10.6. The second-order valence-corrected chi connectivity index (χ2v) is 18.6. The van der Waals surface area contributed by atoms with Crippen LogP contribution in [-0.4, -0.2) is 20.6 Å². The first-order chi connectivity index (χ1) is 17.4. The molecule has 4 heteroatoms. The lowest BCUT2D eigenvalue weighted by molar-refractivity contribution is -0.00000956. The van der Waals surface area contributed by atoms with Crippen LogP contribution in [0, 0.1) is 5.92 Å². The van der Waals surface area contributed by atoms with Gasteiger partial charge in [-0.1, -0.05) is 91.9 Å². The van der Waals surface area contributed by atoms with Gasteiger partial charge in [0.1, 0.15) is 23.2 Å². The molecule has 0 fully saturated rings. The van der Waals surface area contributed by atoms with Gasteiger partial charge in [-0.15, -0.1) is 0 Å². The van der Waals surface area contributed by atoms with E-state index in [4.69, 9.17) is 4.43 Å². The van der Waals surface area contributed by atoms with Gasteiger partial charge in [0.25, 0.3) is 0 Å². The average Bonchev–Trinajstić information content (AvgIpc) is 2.91. The highest BCUT2D eigenvalue weighted by Crippen LogP contribution is 2.57. The fourth-order valence-corrected chi connectivity index (χ4v) is 11.2. The zero-order valence-electron chi connectivity index (χ0n) is 22.6. The molecule has 0 aliphatic heterocycles. The van der Waals surface area contributed by atoms with Crippen molar-refractivity contribution in [2.24, 2.45) is 5.92 Å². The number of benzene rings is 4. The summed E-state index contributed by atoms with van der Waals surface area (Å²) in [5.74, 6) is 0.436. The Morgan fingerprint density at radius 1 is 0.622 bits per heavy atom. The molecular formula is C33H40IOPSi. The van der Waals surface area contributed by atoms with Crippen LogP contribution in [0.25, 0.3) is 0 Å². The Morgan fingerprint density at radius 2 is 1.00 bits per heavy atom. The van der Waals surface area contributed by atoms with E-state index in [1.807, 2.05) is 0 Å². The number of hydrogen-bond acceptors (Lipinski definition) is 1. The molecule has 37 heavy (non-hydrogen) atoms. The van der Waals surface area contributed by atoms with Gasteiger partial charge in [-0.3, -0.25) is 0 Å². The van der Waals surface area contributed by atoms with Crippen molar-refractivity contribution in [1.29, 1.82) is 0 Å². The maximum Gasteiger partial charge on any atom is 0.184 e. The van der Waals surface area contributed by atoms with Crippen LogP contribution < -0.4 is 39.9 Å². The fraction of sp³-hybridized carbons (Fsp3) is 0.273. The Balaban J connectivity index is 0.00000380. The summed E-state index contributed by atoms with van der Waals surface area (Å²) in [4.78, 5) is 0. The largest absolute Gasteiger partial charge is 1.00 e. The van der Waals surface area contributed by atoms with Crippen LogP contribution in [0.1, 0.15) is 18.9 Å². The minimum absolute atomic E-state index is 0. The molecule has 0 spiro atoms. The summed E-state index contributed by atoms with van der Waals surface area (Å²) in [6, 6.07) is 44.7. The Bertz CT molecular complexity index is 1080. The quantitative estimate of drug-likeness (QED) is 0.134. The SMILES string of the molecule is CCC(C[P+](c1ccccc1)(c1ccccc1)c1ccccc1)C(Cc1ccccc1)O[Si](C)(C)C.[I-]. The van der Waals surface area contributed by atoms with Crippen LogP contribution in [0.15, 0.2) is 121 Å². The van der Waals surface area contributed by atoms with Crippen LogP contribution in [0.4, 0.5) is 0 Å². The van der Waals surface area contributed by atoms with Gasteiger partial charge in [-0.05, 0) is 74.4 Å². The lowest BCUT2D eigenvalue weighted by Crippen LogP contribution is -3.00. The van der Waals surface area contributed by atoms with Crippen molar-refractivity contribution in [3.05, 3.63) is 127 Å². The zero-order valence-corrected chi connectivity index (χ0v) is 26.6. The Morgan fingerprint density at radius 3 is 1.35 bits per heavy atom. The van der Waals surface area contributed by atoms with E-state index in [9.17, 15) is 0 Å². The van der Waals surface area contributed by atoms with Crippen molar-refractivity contribution in [1.82, 2.24) is 0 Å². The summed E-state index contributed by atoms with van der Waals surface area (Å²) in [5, 5.41) is 4.35. The third-order valence-corrected chi connectivity index (χ3v) is 12.5. The summed E-state index contributed by atoms with van der Waals surface area (Å²) in [6.07, 6.45) is 3.35. The highest BCUT2D eigenvalue weighted by molar-refractivity contribution is 7.95. The molecule has 0 heterocycles. The first kappa shape index (κ1) is 29.8. The van der Waals surface area contributed by atoms with Crippen molar-refractivity contribution in [3.63, 3.8) is 0 Å².